The van der Waals surface area contributed by atoms with Crippen LogP contribution >= 0.6 is 0 Å². The summed E-state index contributed by atoms with van der Waals surface area (Å²) in [6, 6.07) is 9.44. The number of nitrogens with zero attached hydrogens (tertiary/aromatic N) is 5. The first-order valence-electron chi connectivity index (χ1n) is 20.3. The van der Waals surface area contributed by atoms with E-state index in [9.17, 15) is 22.0 Å². The number of carbonyl (C=O) groups is 1. The smallest absolute Gasteiger partial charge is 0.333 e. The van der Waals surface area contributed by atoms with Gasteiger partial charge in [0.2, 0.25) is 11.8 Å². The molecule has 0 radical (unpaired) electrons. The number of carbonyl (C=O) groups excluding carboxylic acids is 1. The Balaban J connectivity index is 0.000000186. The number of likely N-dealkylation sites (N-methyl/N-ethyl adjacent to an activating group) is 4. The number of hydrogen-bond donors (Lipinski definition) is 4. The van der Waals surface area contributed by atoms with E-state index in [-0.39, 0.29) is 17.7 Å². The first-order valence-corrected chi connectivity index (χ1v) is 21.7. The summed E-state index contributed by atoms with van der Waals surface area (Å²) in [6.45, 7) is 3.86. The number of pyridine rings is 2. The number of ether oxygens (including phenoxy) is 2. The maximum absolute atomic E-state index is 14.8. The maximum atomic E-state index is 14.8. The molecular weight excluding hydrogens is 793 g/mol. The molecule has 2 fully saturated rings. The Labute approximate surface area is 352 Å². The minimum atomic E-state index is -4.06. The number of anilines is 2. The zero-order valence-electron chi connectivity index (χ0n) is 35.3. The quantitative estimate of drug-likeness (QED) is 0.162. The fraction of sp³-hybridized carbons (Fsp3) is 0.465. The lowest BCUT2D eigenvalue weighted by Crippen LogP contribution is -2.48. The molecule has 8 rings (SSSR count). The van der Waals surface area contributed by atoms with Gasteiger partial charge in [0.05, 0.1) is 19.9 Å². The summed E-state index contributed by atoms with van der Waals surface area (Å²) in [4.78, 5) is 25.3. The first kappa shape index (κ1) is 44.6. The molecule has 2 unspecified atom stereocenters. The van der Waals surface area contributed by atoms with E-state index in [0.29, 0.717) is 71.2 Å². The van der Waals surface area contributed by atoms with Gasteiger partial charge in [-0.1, -0.05) is 0 Å². The van der Waals surface area contributed by atoms with Crippen molar-refractivity contribution in [2.24, 2.45) is 0 Å². The predicted octanol–water partition coefficient (Wildman–Crippen LogP) is 5.26. The van der Waals surface area contributed by atoms with E-state index in [2.05, 4.69) is 37.3 Å². The maximum Gasteiger partial charge on any atom is 0.333 e. The van der Waals surface area contributed by atoms with Crippen molar-refractivity contribution in [3.05, 3.63) is 82.7 Å². The third-order valence-corrected chi connectivity index (χ3v) is 13.3. The number of nitrogens with one attached hydrogen (secondary N) is 3. The van der Waals surface area contributed by atoms with E-state index >= 15 is 0 Å². The summed E-state index contributed by atoms with van der Waals surface area (Å²) in [5.74, 6) is 0.330. The molecular formula is C43H57F2N9O5S. The van der Waals surface area contributed by atoms with Crippen molar-refractivity contribution < 1.29 is 31.5 Å². The average Bonchev–Trinajstić information content (AvgIpc) is 4.09. The molecule has 2 aliphatic carbocycles. The van der Waals surface area contributed by atoms with Crippen LogP contribution in [0, 0.1) is 11.6 Å². The highest BCUT2D eigenvalue weighted by Gasteiger charge is 2.33. The molecule has 0 saturated carbocycles. The van der Waals surface area contributed by atoms with Gasteiger partial charge in [0, 0.05) is 73.6 Å². The normalized spacial score (nSPS) is 18.6. The van der Waals surface area contributed by atoms with E-state index < -0.39 is 16.2 Å². The molecule has 0 bridgehead atoms. The third kappa shape index (κ3) is 10.3. The Bertz CT molecular complexity index is 2280. The second kappa shape index (κ2) is 19.6. The predicted molar refractivity (Wildman–Crippen MR) is 231 cm³/mol. The Morgan fingerprint density at radius 2 is 1.35 bits per heavy atom. The molecule has 4 aliphatic rings. The van der Waals surface area contributed by atoms with Gasteiger partial charge < -0.3 is 35.6 Å². The fourth-order valence-electron chi connectivity index (χ4n) is 8.38. The number of aromatic nitrogens is 2. The van der Waals surface area contributed by atoms with E-state index in [4.69, 9.17) is 15.2 Å². The highest BCUT2D eigenvalue weighted by atomic mass is 32.2. The lowest BCUT2D eigenvalue weighted by atomic mass is 9.97. The molecule has 2 atom stereocenters. The van der Waals surface area contributed by atoms with Crippen LogP contribution in [-0.2, 0) is 35.9 Å². The molecule has 0 spiro atoms. The fourth-order valence-corrected chi connectivity index (χ4v) is 9.37. The van der Waals surface area contributed by atoms with Gasteiger partial charge >= 0.3 is 16.2 Å². The van der Waals surface area contributed by atoms with Crippen LogP contribution in [-0.4, -0.2) is 119 Å². The highest BCUT2D eigenvalue weighted by Crippen LogP contribution is 2.40. The van der Waals surface area contributed by atoms with E-state index in [0.717, 1.165) is 60.5 Å². The molecule has 60 heavy (non-hydrogen) atoms. The van der Waals surface area contributed by atoms with Crippen LogP contribution in [0.2, 0.25) is 0 Å². The molecule has 14 nitrogen and oxygen atoms in total. The van der Waals surface area contributed by atoms with E-state index in [1.807, 2.05) is 25.1 Å². The summed E-state index contributed by atoms with van der Waals surface area (Å²) < 4.78 is 68.1. The largest absolute Gasteiger partial charge is 0.481 e. The number of likely N-dealkylation sites (tertiary alicyclic amines) is 2. The molecule has 324 valence electrons. The van der Waals surface area contributed by atoms with Gasteiger partial charge in [0.15, 0.2) is 0 Å². The van der Waals surface area contributed by atoms with Crippen molar-refractivity contribution in [2.45, 2.75) is 63.5 Å². The number of halogens is 2. The Morgan fingerprint density at radius 1 is 0.817 bits per heavy atom. The van der Waals surface area contributed by atoms with Crippen LogP contribution < -0.4 is 30.6 Å². The van der Waals surface area contributed by atoms with Crippen LogP contribution in [0.15, 0.2) is 48.8 Å². The van der Waals surface area contributed by atoms with Crippen molar-refractivity contribution in [3.63, 3.8) is 0 Å². The van der Waals surface area contributed by atoms with Gasteiger partial charge in [-0.15, -0.1) is 0 Å². The van der Waals surface area contributed by atoms with Gasteiger partial charge in [-0.05, 0) is 143 Å². The number of nitrogen functional groups attached to an aromatic ring is 1. The second-order valence-electron chi connectivity index (χ2n) is 15.7. The standard InChI is InChI=1S/C22H28FN5O4S.C15H15FN2O.C6H14N2/c1-27-10-8-15(13-27)28(2)33(30,31)26-22(29)25-21-17-6-4-5-16(17)19(23)12-18(21)14-7-9-24-20(11-14)32-3;1-19-14-7-9(5-6-18-14)12-8-13(16)10-3-2-4-11(10)15(12)17;1-7-6-3-4-8(2)5-6/h7,9,11-12,15H,4-6,8,10,13H2,1-3H3,(H2,25,26,29);5-8H,2-4,17H2,1H3;6-7H,3-5H2,1-2H3. The number of fused-ring (bicyclic) bond motifs is 2. The van der Waals surface area contributed by atoms with Crippen molar-refractivity contribution in [2.75, 3.05) is 79.6 Å². The number of hydrogen-bond acceptors (Lipinski definition) is 11. The molecule has 2 aromatic heterocycles. The van der Waals surface area contributed by atoms with Gasteiger partial charge in [-0.3, -0.25) is 0 Å². The number of amides is 2. The molecule has 2 aromatic carbocycles. The lowest BCUT2D eigenvalue weighted by Gasteiger charge is -2.24. The zero-order valence-corrected chi connectivity index (χ0v) is 36.1. The minimum Gasteiger partial charge on any atom is -0.481 e. The minimum absolute atomic E-state index is 0.160. The lowest BCUT2D eigenvalue weighted by molar-refractivity contribution is 0.255. The summed E-state index contributed by atoms with van der Waals surface area (Å²) in [7, 11) is 6.56. The number of rotatable bonds is 9. The van der Waals surface area contributed by atoms with E-state index in [1.165, 1.54) is 56.3 Å². The van der Waals surface area contributed by atoms with Crippen LogP contribution in [0.3, 0.4) is 0 Å². The number of benzene rings is 2. The Kier molecular flexibility index (Phi) is 14.6. The number of urea groups is 1. The molecule has 4 heterocycles. The highest BCUT2D eigenvalue weighted by molar-refractivity contribution is 7.87. The van der Waals surface area contributed by atoms with Crippen molar-refractivity contribution in [3.8, 4) is 34.0 Å². The molecule has 2 amide bonds. The van der Waals surface area contributed by atoms with Crippen molar-refractivity contribution in [1.82, 2.24) is 34.1 Å². The molecule has 2 saturated heterocycles. The van der Waals surface area contributed by atoms with E-state index in [1.54, 1.807) is 31.5 Å². The van der Waals surface area contributed by atoms with Gasteiger partial charge in [0.25, 0.3) is 0 Å². The Morgan fingerprint density at radius 3 is 1.88 bits per heavy atom. The monoisotopic (exact) mass is 849 g/mol. The van der Waals surface area contributed by atoms with Gasteiger partial charge in [0.1, 0.15) is 11.6 Å². The van der Waals surface area contributed by atoms with Crippen molar-refractivity contribution >= 4 is 27.6 Å². The molecule has 17 heteroatoms. The number of methoxy groups -OCH3 is 2. The van der Waals surface area contributed by atoms with Crippen LogP contribution in [0.4, 0.5) is 25.0 Å². The van der Waals surface area contributed by atoms with Crippen LogP contribution in [0.5, 0.6) is 11.8 Å². The van der Waals surface area contributed by atoms with Gasteiger partial charge in [-0.25, -0.2) is 28.3 Å². The number of nitrogens with two attached hydrogens (primary N) is 1. The summed E-state index contributed by atoms with van der Waals surface area (Å²) in [6.07, 6.45) is 9.68. The first-order chi connectivity index (χ1) is 28.7. The molecule has 4 aromatic rings. The molecule has 2 aliphatic heterocycles. The summed E-state index contributed by atoms with van der Waals surface area (Å²) in [5, 5.41) is 5.94. The van der Waals surface area contributed by atoms with Crippen molar-refractivity contribution in [1.29, 1.82) is 0 Å². The van der Waals surface area contributed by atoms with Crippen LogP contribution in [0.1, 0.15) is 47.9 Å². The Hall–Kier alpha value is -4.94. The molecule has 5 N–H and O–H groups in total. The second-order valence-corrected chi connectivity index (χ2v) is 17.4. The topological polar surface area (TPSA) is 167 Å². The third-order valence-electron chi connectivity index (χ3n) is 11.8. The zero-order chi connectivity index (χ0) is 43.1. The summed E-state index contributed by atoms with van der Waals surface area (Å²) in [5.41, 5.74) is 12.8. The van der Waals surface area contributed by atoms with Crippen LogP contribution in [0.25, 0.3) is 22.3 Å². The average molecular weight is 850 g/mol. The SMILES string of the molecule is CNC1CCN(C)C1.COc1cc(-c2cc(F)c3c(c2N)CCC3)ccn1.COc1cc(-c2cc(F)c3c(c2NC(=O)NS(=O)(=O)N(C)C2CCN(C)C2)CCC3)ccn1. The summed E-state index contributed by atoms with van der Waals surface area (Å²) >= 11 is 0. The van der Waals surface area contributed by atoms with Gasteiger partial charge in [-0.2, -0.15) is 12.7 Å².